The first-order valence-electron chi connectivity index (χ1n) is 5.64. The topological polar surface area (TPSA) is 52.0 Å². The molecular weight excluding hydrogens is 251 g/mol. The van der Waals surface area contributed by atoms with E-state index < -0.39 is 0 Å². The second-order valence-electron chi connectivity index (χ2n) is 4.03. The van der Waals surface area contributed by atoms with Gasteiger partial charge in [0.05, 0.1) is 5.69 Å². The molecule has 1 aromatic heterocycles. The van der Waals surface area contributed by atoms with Crippen LogP contribution in [0.15, 0.2) is 27.8 Å². The minimum Gasteiger partial charge on any atom is -0.437 e. The minimum absolute atomic E-state index is 0.257. The zero-order chi connectivity index (χ0) is 13.1. The Bertz CT molecular complexity index is 534. The van der Waals surface area contributed by atoms with Crippen LogP contribution in [0.1, 0.15) is 22.6 Å². The van der Waals surface area contributed by atoms with E-state index in [9.17, 15) is 4.39 Å². The lowest BCUT2D eigenvalue weighted by molar-refractivity contribution is 0.431. The highest BCUT2D eigenvalue weighted by Crippen LogP contribution is 2.25. The molecule has 96 valence electrons. The minimum atomic E-state index is -0.257. The number of aromatic nitrogens is 1. The van der Waals surface area contributed by atoms with E-state index in [-0.39, 0.29) is 5.82 Å². The van der Waals surface area contributed by atoms with E-state index >= 15 is 0 Å². The molecule has 0 aliphatic heterocycles. The molecule has 18 heavy (non-hydrogen) atoms. The van der Waals surface area contributed by atoms with Gasteiger partial charge in [0.2, 0.25) is 0 Å². The van der Waals surface area contributed by atoms with Crippen molar-refractivity contribution in [1.82, 2.24) is 4.98 Å². The van der Waals surface area contributed by atoms with Gasteiger partial charge in [-0.1, -0.05) is 17.8 Å². The summed E-state index contributed by atoms with van der Waals surface area (Å²) in [4.78, 5) is 4.29. The second kappa shape index (κ2) is 5.54. The molecule has 0 saturated carbocycles. The molecule has 5 heteroatoms. The van der Waals surface area contributed by atoms with Crippen molar-refractivity contribution in [2.45, 2.75) is 31.4 Å². The average molecular weight is 266 g/mol. The van der Waals surface area contributed by atoms with Gasteiger partial charge in [0.15, 0.2) is 0 Å². The second-order valence-corrected chi connectivity index (χ2v) is 4.95. The summed E-state index contributed by atoms with van der Waals surface area (Å²) in [6, 6.07) is 4.68. The highest BCUT2D eigenvalue weighted by Gasteiger charge is 2.08. The van der Waals surface area contributed by atoms with Gasteiger partial charge in [-0.25, -0.2) is 9.37 Å². The SMILES string of the molecule is Cc1nc(SCc2ccc(F)cc2CN)oc1C. The van der Waals surface area contributed by atoms with Gasteiger partial charge in [-0.05, 0) is 37.1 Å². The lowest BCUT2D eigenvalue weighted by atomic mass is 10.1. The zero-order valence-corrected chi connectivity index (χ0v) is 11.2. The molecule has 2 aromatic rings. The van der Waals surface area contributed by atoms with Crippen LogP contribution in [0.5, 0.6) is 0 Å². The maximum absolute atomic E-state index is 13.1. The number of halogens is 1. The Hall–Kier alpha value is -1.33. The van der Waals surface area contributed by atoms with E-state index in [1.54, 1.807) is 6.07 Å². The van der Waals surface area contributed by atoms with Crippen LogP contribution in [-0.4, -0.2) is 4.98 Å². The number of oxazole rings is 1. The molecule has 3 nitrogen and oxygen atoms in total. The first-order valence-corrected chi connectivity index (χ1v) is 6.63. The molecule has 0 radical (unpaired) electrons. The molecule has 0 amide bonds. The molecule has 1 heterocycles. The normalized spacial score (nSPS) is 10.9. The molecule has 0 unspecified atom stereocenters. The largest absolute Gasteiger partial charge is 0.437 e. The fraction of sp³-hybridized carbons (Fsp3) is 0.308. The van der Waals surface area contributed by atoms with Crippen molar-refractivity contribution < 1.29 is 8.81 Å². The first-order chi connectivity index (χ1) is 8.60. The van der Waals surface area contributed by atoms with Gasteiger partial charge in [-0.2, -0.15) is 0 Å². The molecule has 1 aromatic carbocycles. The highest BCUT2D eigenvalue weighted by molar-refractivity contribution is 7.98. The molecule has 0 fully saturated rings. The molecule has 0 aliphatic rings. The molecular formula is C13H15FN2OS. The van der Waals surface area contributed by atoms with Gasteiger partial charge in [0.25, 0.3) is 5.22 Å². The van der Waals surface area contributed by atoms with E-state index in [4.69, 9.17) is 10.2 Å². The van der Waals surface area contributed by atoms with E-state index in [1.807, 2.05) is 13.8 Å². The van der Waals surface area contributed by atoms with Crippen LogP contribution >= 0.6 is 11.8 Å². The summed E-state index contributed by atoms with van der Waals surface area (Å²) in [5.41, 5.74) is 8.33. The third kappa shape index (κ3) is 2.91. The van der Waals surface area contributed by atoms with Gasteiger partial charge in [0, 0.05) is 12.3 Å². The van der Waals surface area contributed by atoms with E-state index in [1.165, 1.54) is 23.9 Å². The van der Waals surface area contributed by atoms with Gasteiger partial charge in [0.1, 0.15) is 11.6 Å². The van der Waals surface area contributed by atoms with Crippen molar-refractivity contribution in [3.63, 3.8) is 0 Å². The molecule has 0 aliphatic carbocycles. The maximum Gasteiger partial charge on any atom is 0.256 e. The summed E-state index contributed by atoms with van der Waals surface area (Å²) in [5.74, 6) is 1.24. The summed E-state index contributed by atoms with van der Waals surface area (Å²) in [5, 5.41) is 0.636. The van der Waals surface area contributed by atoms with E-state index in [0.29, 0.717) is 17.5 Å². The number of rotatable bonds is 4. The van der Waals surface area contributed by atoms with Crippen LogP contribution in [0.3, 0.4) is 0 Å². The quantitative estimate of drug-likeness (QED) is 0.863. The van der Waals surface area contributed by atoms with Crippen molar-refractivity contribution in [2.24, 2.45) is 5.73 Å². The molecule has 0 atom stereocenters. The Balaban J connectivity index is 2.10. The number of nitrogens with two attached hydrogens (primary N) is 1. The lowest BCUT2D eigenvalue weighted by Crippen LogP contribution is -2.01. The standard InChI is InChI=1S/C13H15FN2OS/c1-8-9(2)17-13(16-8)18-7-10-3-4-12(14)5-11(10)6-15/h3-5H,6-7,15H2,1-2H3. The van der Waals surface area contributed by atoms with Crippen molar-refractivity contribution in [2.75, 3.05) is 0 Å². The number of thioether (sulfide) groups is 1. The maximum atomic E-state index is 13.1. The lowest BCUT2D eigenvalue weighted by Gasteiger charge is -2.06. The molecule has 0 spiro atoms. The van der Waals surface area contributed by atoms with Gasteiger partial charge in [-0.15, -0.1) is 0 Å². The molecule has 2 N–H and O–H groups in total. The number of hydrogen-bond donors (Lipinski definition) is 1. The van der Waals surface area contributed by atoms with Crippen LogP contribution in [0.25, 0.3) is 0 Å². The van der Waals surface area contributed by atoms with Crippen LogP contribution in [-0.2, 0) is 12.3 Å². The zero-order valence-electron chi connectivity index (χ0n) is 10.4. The third-order valence-electron chi connectivity index (χ3n) is 2.75. The van der Waals surface area contributed by atoms with E-state index in [2.05, 4.69) is 4.98 Å². The predicted molar refractivity (Wildman–Crippen MR) is 69.8 cm³/mol. The Kier molecular flexibility index (Phi) is 4.04. The summed E-state index contributed by atoms with van der Waals surface area (Å²) in [6.07, 6.45) is 0. The number of benzene rings is 1. The smallest absolute Gasteiger partial charge is 0.256 e. The van der Waals surface area contributed by atoms with Crippen LogP contribution < -0.4 is 5.73 Å². The Labute approximate surface area is 110 Å². The summed E-state index contributed by atoms with van der Waals surface area (Å²) < 4.78 is 18.5. The van der Waals surface area contributed by atoms with Crippen molar-refractivity contribution in [1.29, 1.82) is 0 Å². The van der Waals surface area contributed by atoms with Crippen LogP contribution in [0.2, 0.25) is 0 Å². The summed E-state index contributed by atoms with van der Waals surface area (Å²) in [7, 11) is 0. The number of aryl methyl sites for hydroxylation is 2. The van der Waals surface area contributed by atoms with Crippen molar-refractivity contribution in [3.05, 3.63) is 46.6 Å². The third-order valence-corrected chi connectivity index (χ3v) is 3.63. The van der Waals surface area contributed by atoms with Crippen molar-refractivity contribution in [3.8, 4) is 0 Å². The molecule has 0 bridgehead atoms. The Morgan fingerprint density at radius 2 is 2.11 bits per heavy atom. The predicted octanol–water partition coefficient (Wildman–Crippen LogP) is 3.18. The highest BCUT2D eigenvalue weighted by atomic mass is 32.2. The molecule has 2 rings (SSSR count). The Morgan fingerprint density at radius 1 is 1.33 bits per heavy atom. The van der Waals surface area contributed by atoms with Crippen LogP contribution in [0, 0.1) is 19.7 Å². The fourth-order valence-electron chi connectivity index (χ4n) is 1.57. The Morgan fingerprint density at radius 3 is 2.72 bits per heavy atom. The van der Waals surface area contributed by atoms with Crippen molar-refractivity contribution >= 4 is 11.8 Å². The summed E-state index contributed by atoms with van der Waals surface area (Å²) >= 11 is 1.49. The van der Waals surface area contributed by atoms with Gasteiger partial charge in [-0.3, -0.25) is 0 Å². The first kappa shape index (κ1) is 13.1. The van der Waals surface area contributed by atoms with E-state index in [0.717, 1.165) is 22.6 Å². The average Bonchev–Trinajstić information content (AvgIpc) is 2.67. The number of hydrogen-bond acceptors (Lipinski definition) is 4. The summed E-state index contributed by atoms with van der Waals surface area (Å²) in [6.45, 7) is 4.12. The van der Waals surface area contributed by atoms with Gasteiger partial charge < -0.3 is 10.2 Å². The van der Waals surface area contributed by atoms with Gasteiger partial charge >= 0.3 is 0 Å². The molecule has 0 saturated heterocycles. The fourth-order valence-corrected chi connectivity index (χ4v) is 2.52. The monoisotopic (exact) mass is 266 g/mol. The van der Waals surface area contributed by atoms with Crippen LogP contribution in [0.4, 0.5) is 4.39 Å². The number of nitrogens with zero attached hydrogens (tertiary/aromatic N) is 1.